The minimum Gasteiger partial charge on any atom is -0.303 e. The standard InChI is InChI=1S/C4H10N2.C2H6/c1-6-3-2-5-4-6;1-2/h5H,2-4H2,1H3;1-2H3. The summed E-state index contributed by atoms with van der Waals surface area (Å²) in [5.41, 5.74) is 0. The molecule has 0 aromatic carbocycles. The molecule has 0 amide bonds. The van der Waals surface area contributed by atoms with Crippen LogP contribution in [0.3, 0.4) is 0 Å². The van der Waals surface area contributed by atoms with E-state index in [0.717, 1.165) is 13.2 Å². The predicted molar refractivity (Wildman–Crippen MR) is 36.8 cm³/mol. The largest absolute Gasteiger partial charge is 0.303 e. The Bertz CT molecular complexity index is 39.8. The van der Waals surface area contributed by atoms with Crippen LogP contribution in [0.2, 0.25) is 0 Å². The average Bonchev–Trinajstić information content (AvgIpc) is 2.24. The van der Waals surface area contributed by atoms with Crippen molar-refractivity contribution in [2.75, 3.05) is 26.8 Å². The Morgan fingerprint density at radius 1 is 1.38 bits per heavy atom. The Hall–Kier alpha value is -0.0800. The number of likely N-dealkylation sites (N-methyl/N-ethyl adjacent to an activating group) is 1. The molecule has 0 aliphatic carbocycles. The van der Waals surface area contributed by atoms with Gasteiger partial charge in [0.25, 0.3) is 0 Å². The highest BCUT2D eigenvalue weighted by Gasteiger charge is 2.01. The second-order valence-corrected chi connectivity index (χ2v) is 1.74. The van der Waals surface area contributed by atoms with Gasteiger partial charge in [0.1, 0.15) is 0 Å². The van der Waals surface area contributed by atoms with Gasteiger partial charge in [-0.25, -0.2) is 0 Å². The molecule has 50 valence electrons. The summed E-state index contributed by atoms with van der Waals surface area (Å²) < 4.78 is 0. The second kappa shape index (κ2) is 5.06. The summed E-state index contributed by atoms with van der Waals surface area (Å²) in [6, 6.07) is 0. The first-order chi connectivity index (χ1) is 3.89. The van der Waals surface area contributed by atoms with Crippen LogP contribution in [0.4, 0.5) is 0 Å². The Kier molecular flexibility index (Phi) is 5.01. The summed E-state index contributed by atoms with van der Waals surface area (Å²) in [5.74, 6) is 0. The van der Waals surface area contributed by atoms with E-state index in [1.54, 1.807) is 0 Å². The Labute approximate surface area is 51.9 Å². The van der Waals surface area contributed by atoms with E-state index >= 15 is 0 Å². The van der Waals surface area contributed by atoms with Gasteiger partial charge < -0.3 is 5.32 Å². The van der Waals surface area contributed by atoms with Crippen molar-refractivity contribution < 1.29 is 0 Å². The fourth-order valence-corrected chi connectivity index (χ4v) is 0.619. The SMILES string of the molecule is CC.CN1CCNC1. The quantitative estimate of drug-likeness (QED) is 0.496. The number of nitrogens with zero attached hydrogens (tertiary/aromatic N) is 1. The van der Waals surface area contributed by atoms with E-state index in [4.69, 9.17) is 0 Å². The summed E-state index contributed by atoms with van der Waals surface area (Å²) in [5, 5.41) is 3.20. The molecule has 0 atom stereocenters. The van der Waals surface area contributed by atoms with E-state index in [1.807, 2.05) is 13.8 Å². The molecule has 0 radical (unpaired) electrons. The topological polar surface area (TPSA) is 15.3 Å². The van der Waals surface area contributed by atoms with Crippen LogP contribution in [0.1, 0.15) is 13.8 Å². The van der Waals surface area contributed by atoms with Gasteiger partial charge >= 0.3 is 0 Å². The summed E-state index contributed by atoms with van der Waals surface area (Å²) in [6.45, 7) is 7.44. The molecular formula is C6H16N2. The molecule has 1 heterocycles. The van der Waals surface area contributed by atoms with E-state index < -0.39 is 0 Å². The Balaban J connectivity index is 0.000000222. The maximum Gasteiger partial charge on any atom is 0.0478 e. The van der Waals surface area contributed by atoms with E-state index in [2.05, 4.69) is 17.3 Å². The van der Waals surface area contributed by atoms with Gasteiger partial charge in [-0.3, -0.25) is 4.90 Å². The molecular weight excluding hydrogens is 100 g/mol. The molecule has 8 heavy (non-hydrogen) atoms. The van der Waals surface area contributed by atoms with Gasteiger partial charge in [0.15, 0.2) is 0 Å². The van der Waals surface area contributed by atoms with Gasteiger partial charge in [-0.05, 0) is 7.05 Å². The van der Waals surface area contributed by atoms with Crippen molar-refractivity contribution in [3.05, 3.63) is 0 Å². The fraction of sp³-hybridized carbons (Fsp3) is 1.00. The first kappa shape index (κ1) is 7.92. The summed E-state index contributed by atoms with van der Waals surface area (Å²) in [4.78, 5) is 2.25. The minimum absolute atomic E-state index is 1.07. The smallest absolute Gasteiger partial charge is 0.0478 e. The van der Waals surface area contributed by atoms with Crippen molar-refractivity contribution in [1.29, 1.82) is 0 Å². The number of hydrogen-bond acceptors (Lipinski definition) is 2. The normalized spacial score (nSPS) is 19.9. The lowest BCUT2D eigenvalue weighted by molar-refractivity contribution is 0.412. The molecule has 0 bridgehead atoms. The highest BCUT2D eigenvalue weighted by molar-refractivity contribution is 4.59. The van der Waals surface area contributed by atoms with Crippen LogP contribution in [0.5, 0.6) is 0 Å². The molecule has 1 aliphatic rings. The molecule has 0 aromatic rings. The van der Waals surface area contributed by atoms with Gasteiger partial charge in [0.05, 0.1) is 0 Å². The zero-order valence-corrected chi connectivity index (χ0v) is 6.07. The molecule has 0 spiro atoms. The molecule has 0 saturated carbocycles. The number of hydrogen-bond donors (Lipinski definition) is 1. The van der Waals surface area contributed by atoms with Crippen LogP contribution >= 0.6 is 0 Å². The first-order valence-electron chi connectivity index (χ1n) is 3.29. The molecule has 1 saturated heterocycles. The summed E-state index contributed by atoms with van der Waals surface area (Å²) in [6.07, 6.45) is 0. The van der Waals surface area contributed by atoms with Gasteiger partial charge in [-0.1, -0.05) is 13.8 Å². The zero-order chi connectivity index (χ0) is 6.41. The Morgan fingerprint density at radius 2 is 2.00 bits per heavy atom. The second-order valence-electron chi connectivity index (χ2n) is 1.74. The van der Waals surface area contributed by atoms with Gasteiger partial charge in [0, 0.05) is 19.8 Å². The van der Waals surface area contributed by atoms with Crippen LogP contribution < -0.4 is 5.32 Å². The lowest BCUT2D eigenvalue weighted by Crippen LogP contribution is -2.15. The third kappa shape index (κ3) is 2.99. The monoisotopic (exact) mass is 116 g/mol. The van der Waals surface area contributed by atoms with Crippen molar-refractivity contribution in [1.82, 2.24) is 10.2 Å². The van der Waals surface area contributed by atoms with Gasteiger partial charge in [0.2, 0.25) is 0 Å². The van der Waals surface area contributed by atoms with Crippen LogP contribution in [0, 0.1) is 0 Å². The van der Waals surface area contributed by atoms with E-state index in [0.29, 0.717) is 0 Å². The number of rotatable bonds is 0. The maximum atomic E-state index is 3.20. The van der Waals surface area contributed by atoms with Crippen LogP contribution in [-0.4, -0.2) is 31.7 Å². The molecule has 0 aromatic heterocycles. The molecule has 1 rings (SSSR count). The van der Waals surface area contributed by atoms with Gasteiger partial charge in [-0.15, -0.1) is 0 Å². The average molecular weight is 116 g/mol. The lowest BCUT2D eigenvalue weighted by atomic mass is 10.7. The van der Waals surface area contributed by atoms with Crippen LogP contribution in [0.25, 0.3) is 0 Å². The van der Waals surface area contributed by atoms with Crippen molar-refractivity contribution in [2.45, 2.75) is 13.8 Å². The first-order valence-corrected chi connectivity index (χ1v) is 3.29. The van der Waals surface area contributed by atoms with Gasteiger partial charge in [-0.2, -0.15) is 0 Å². The van der Waals surface area contributed by atoms with Crippen molar-refractivity contribution >= 4 is 0 Å². The third-order valence-corrected chi connectivity index (χ3v) is 1.05. The van der Waals surface area contributed by atoms with Crippen LogP contribution in [-0.2, 0) is 0 Å². The van der Waals surface area contributed by atoms with E-state index in [9.17, 15) is 0 Å². The number of nitrogens with one attached hydrogen (secondary N) is 1. The molecule has 1 N–H and O–H groups in total. The lowest BCUT2D eigenvalue weighted by Gasteiger charge is -1.99. The molecule has 0 unspecified atom stereocenters. The van der Waals surface area contributed by atoms with Crippen molar-refractivity contribution in [2.24, 2.45) is 0 Å². The Morgan fingerprint density at radius 3 is 2.12 bits per heavy atom. The summed E-state index contributed by atoms with van der Waals surface area (Å²) >= 11 is 0. The van der Waals surface area contributed by atoms with Crippen molar-refractivity contribution in [3.8, 4) is 0 Å². The van der Waals surface area contributed by atoms with Crippen molar-refractivity contribution in [3.63, 3.8) is 0 Å². The molecule has 2 heteroatoms. The highest BCUT2D eigenvalue weighted by Crippen LogP contribution is 1.82. The zero-order valence-electron chi connectivity index (χ0n) is 6.07. The molecule has 1 fully saturated rings. The maximum absolute atomic E-state index is 3.20. The third-order valence-electron chi connectivity index (χ3n) is 1.05. The van der Waals surface area contributed by atoms with E-state index in [1.165, 1.54) is 6.54 Å². The predicted octanol–water partition coefficient (Wildman–Crippen LogP) is 0.505. The van der Waals surface area contributed by atoms with Crippen LogP contribution in [0.15, 0.2) is 0 Å². The summed E-state index contributed by atoms with van der Waals surface area (Å²) in [7, 11) is 2.11. The minimum atomic E-state index is 1.07. The highest BCUT2D eigenvalue weighted by atomic mass is 15.3. The van der Waals surface area contributed by atoms with E-state index in [-0.39, 0.29) is 0 Å². The fourth-order valence-electron chi connectivity index (χ4n) is 0.619. The molecule has 2 nitrogen and oxygen atoms in total. The molecule has 1 aliphatic heterocycles.